The van der Waals surface area contributed by atoms with Crippen molar-refractivity contribution in [2.24, 2.45) is 0 Å². The van der Waals surface area contributed by atoms with Crippen molar-refractivity contribution in [2.45, 2.75) is 0 Å². The van der Waals surface area contributed by atoms with Gasteiger partial charge in [-0.05, 0) is 0 Å². The van der Waals surface area contributed by atoms with Gasteiger partial charge in [-0.2, -0.15) is 0 Å². The van der Waals surface area contributed by atoms with Crippen molar-refractivity contribution in [3.8, 4) is 0 Å². The molecule has 0 aromatic rings. The van der Waals surface area contributed by atoms with Crippen LogP contribution >= 0.6 is 0 Å². The molecule has 8 heavy (non-hydrogen) atoms. The summed E-state index contributed by atoms with van der Waals surface area (Å²) in [6, 6.07) is 0. The van der Waals surface area contributed by atoms with Crippen molar-refractivity contribution in [2.75, 3.05) is 0 Å². The first-order valence-electron chi connectivity index (χ1n) is 0.647. The first-order chi connectivity index (χ1) is 2.00. The molecule has 0 aliphatic carbocycles. The average molecular weight is 247 g/mol. The molecule has 0 aromatic carbocycles. The number of hydrogen-bond acceptors (Lipinski definition) is 2. The summed E-state index contributed by atoms with van der Waals surface area (Å²) in [6.07, 6.45) is 0. The Balaban J connectivity index is -0.0000000267. The second kappa shape index (κ2) is 8.64. The first kappa shape index (κ1) is 22.6. The number of rotatable bonds is 0. The average Bonchev–Trinajstić information content (AvgIpc) is 0.722. The van der Waals surface area contributed by atoms with Crippen LogP contribution in [0.5, 0.6) is 0 Å². The molecule has 0 bridgehead atoms. The van der Waals surface area contributed by atoms with Crippen LogP contribution in [0.1, 0.15) is 0 Å². The molecule has 0 saturated carbocycles. The van der Waals surface area contributed by atoms with Gasteiger partial charge < -0.3 is 0 Å². The Hall–Kier alpha value is 1.64. The zero-order valence-corrected chi connectivity index (χ0v) is 5.95. The fraction of sp³-hybridized carbons (Fsp3) is 0. The molecule has 0 atom stereocenters. The summed E-state index contributed by atoms with van der Waals surface area (Å²) in [4.78, 5) is 0. The maximum absolute atomic E-state index is 8.80. The van der Waals surface area contributed by atoms with Gasteiger partial charge in [-0.25, -0.2) is 0 Å². The molecule has 0 saturated heterocycles. The first-order valence-corrected chi connectivity index (χ1v) is 2.67. The van der Waals surface area contributed by atoms with E-state index in [1.807, 2.05) is 0 Å². The van der Waals surface area contributed by atoms with Gasteiger partial charge in [0.2, 0.25) is 0 Å². The Labute approximate surface area is 81.0 Å². The molecule has 54 valence electrons. The molecule has 0 unspecified atom stereocenters. The van der Waals surface area contributed by atoms with Gasteiger partial charge in [0.05, 0.1) is 0 Å². The van der Waals surface area contributed by atoms with Gasteiger partial charge in [-0.15, -0.1) is 0 Å². The Bertz CT molecular complexity index is 99.2. The van der Waals surface area contributed by atoms with Gasteiger partial charge in [-0.3, -0.25) is 0 Å². The van der Waals surface area contributed by atoms with Crippen LogP contribution < -0.4 is 0 Å². The van der Waals surface area contributed by atoms with E-state index in [1.165, 1.54) is 0 Å². The van der Waals surface area contributed by atoms with Crippen molar-refractivity contribution >= 4 is 18.9 Å². The Morgan fingerprint density at radius 1 is 1.12 bits per heavy atom. The third-order valence-corrected chi connectivity index (χ3v) is 0. The van der Waals surface area contributed by atoms with Crippen LogP contribution in [0, 0.1) is 0 Å². The van der Waals surface area contributed by atoms with E-state index in [-0.39, 0.29) is 52.1 Å². The predicted molar refractivity (Wildman–Crippen MR) is 13.0 cm³/mol. The van der Waals surface area contributed by atoms with Crippen LogP contribution in [0.15, 0.2) is 0 Å². The van der Waals surface area contributed by atoms with E-state index in [2.05, 4.69) is 0 Å². The normalized spacial score (nSPS) is 7.25. The van der Waals surface area contributed by atoms with Gasteiger partial charge in [0, 0.05) is 33.3 Å². The zero-order chi connectivity index (χ0) is 4.50. The Morgan fingerprint density at radius 3 is 1.12 bits per heavy atom. The topological polar surface area (TPSA) is 74.6 Å². The molecule has 0 fully saturated rings. The molecule has 0 heterocycles. The van der Waals surface area contributed by atoms with Crippen LogP contribution in [0.3, 0.4) is 0 Å². The van der Waals surface area contributed by atoms with E-state index >= 15 is 0 Å². The van der Waals surface area contributed by atoms with E-state index < -0.39 is 13.4 Å². The predicted octanol–water partition coefficient (Wildman–Crippen LogP) is -2.01. The van der Waals surface area contributed by atoms with Crippen molar-refractivity contribution in [3.05, 3.63) is 0 Å². The molecule has 0 aromatic heterocycles. The molecular weight excluding hydrogens is 244 g/mol. The third-order valence-electron chi connectivity index (χ3n) is 0. The number of hydrogen-bond donors (Lipinski definition) is 2. The maximum atomic E-state index is 8.80. The summed E-state index contributed by atoms with van der Waals surface area (Å²) in [5, 5.41) is 0. The van der Waals surface area contributed by atoms with E-state index in [0.29, 0.717) is 0 Å². The van der Waals surface area contributed by atoms with Gasteiger partial charge in [0.25, 0.3) is 0 Å². The molecule has 0 aliphatic rings. The Kier molecular flexibility index (Phi) is 24.4. The van der Waals surface area contributed by atoms with Crippen LogP contribution in [0.2, 0.25) is 0 Å². The van der Waals surface area contributed by atoms with Gasteiger partial charge in [0.1, 0.15) is 0 Å². The fourth-order valence-corrected chi connectivity index (χ4v) is 0. The van der Waals surface area contributed by atoms with Gasteiger partial charge in [-0.1, -0.05) is 0 Å². The van der Waals surface area contributed by atoms with Crippen LogP contribution in [0.25, 0.3) is 0 Å². The third kappa shape index (κ3) is 126. The summed E-state index contributed by atoms with van der Waals surface area (Å²) in [5.74, 6) is 0. The van der Waals surface area contributed by atoms with Crippen molar-refractivity contribution in [1.82, 2.24) is 0 Å². The summed E-state index contributed by atoms with van der Waals surface area (Å²) in [6.45, 7) is 0. The zero-order valence-electron chi connectivity index (χ0n) is 2.74. The van der Waals surface area contributed by atoms with E-state index in [0.717, 1.165) is 0 Å². The van der Waals surface area contributed by atoms with E-state index in [4.69, 9.17) is 16.0 Å². The molecule has 0 rings (SSSR count). The van der Waals surface area contributed by atoms with Crippen LogP contribution in [0.4, 0.5) is 0 Å². The van der Waals surface area contributed by atoms with Crippen molar-refractivity contribution in [1.29, 1.82) is 0 Å². The molecule has 1 radical (unpaired) electrons. The summed E-state index contributed by atoms with van der Waals surface area (Å²) in [7, 11) is 0. The van der Waals surface area contributed by atoms with Gasteiger partial charge >= 0.3 is 48.3 Å². The second-order valence-electron chi connectivity index (χ2n) is 0.415. The Morgan fingerprint density at radius 2 is 1.12 bits per heavy atom. The summed E-state index contributed by atoms with van der Waals surface area (Å²) in [5.41, 5.74) is 0. The SMILES string of the molecule is [Co].[LiH].[Ni].[O]=[Mn](=[O])([OH])[OH]. The van der Waals surface area contributed by atoms with E-state index in [9.17, 15) is 0 Å². The van der Waals surface area contributed by atoms with Crippen LogP contribution in [-0.4, -0.2) is 27.2 Å². The molecule has 0 spiro atoms. The summed E-state index contributed by atoms with van der Waals surface area (Å²) < 4.78 is 31.8. The molecule has 2 N–H and O–H groups in total. The minimum atomic E-state index is -5.12. The van der Waals surface area contributed by atoms with E-state index in [1.54, 1.807) is 0 Å². The van der Waals surface area contributed by atoms with Crippen LogP contribution in [-0.2, 0) is 54.3 Å². The summed E-state index contributed by atoms with van der Waals surface area (Å²) >= 11 is -5.12. The molecular formula is H3CoLiMnNiO4. The van der Waals surface area contributed by atoms with Crippen molar-refractivity contribution < 1.29 is 62.7 Å². The molecule has 4 nitrogen and oxygen atoms in total. The van der Waals surface area contributed by atoms with Crippen molar-refractivity contribution in [3.63, 3.8) is 0 Å². The quantitative estimate of drug-likeness (QED) is 0.485. The second-order valence-corrected chi connectivity index (χ2v) is 1.71. The van der Waals surface area contributed by atoms with Gasteiger partial charge in [0.15, 0.2) is 0 Å². The monoisotopic (exact) mass is 246 g/mol. The molecule has 0 amide bonds. The molecule has 8 heteroatoms. The standard InChI is InChI=1S/Co.Li.Mn.Ni.2H2O.2O.H/h;;;;2*1H2;;;/q;;+2;;;;;;/p-2. The molecule has 0 aliphatic heterocycles. The minimum absolute atomic E-state index is 0. The fourth-order valence-electron chi connectivity index (χ4n) is 0.